The molecule has 1 heterocycles. The van der Waals surface area contributed by atoms with E-state index in [0.29, 0.717) is 16.9 Å². The second kappa shape index (κ2) is 6.49. The molecule has 1 aliphatic rings. The van der Waals surface area contributed by atoms with Crippen molar-refractivity contribution >= 4 is 29.9 Å². The van der Waals surface area contributed by atoms with Gasteiger partial charge < -0.3 is 10.1 Å². The smallest absolute Gasteiger partial charge is 0.263 e. The van der Waals surface area contributed by atoms with E-state index in [1.807, 2.05) is 24.3 Å². The van der Waals surface area contributed by atoms with Gasteiger partial charge in [-0.15, -0.1) is 12.4 Å². The Morgan fingerprint density at radius 1 is 0.955 bits per heavy atom. The summed E-state index contributed by atoms with van der Waals surface area (Å²) in [4.78, 5) is 25.6. The van der Waals surface area contributed by atoms with Crippen LogP contribution in [0.5, 0.6) is 5.75 Å². The minimum absolute atomic E-state index is 0. The van der Waals surface area contributed by atoms with Crippen molar-refractivity contribution in [3.8, 4) is 5.75 Å². The van der Waals surface area contributed by atoms with Crippen LogP contribution < -0.4 is 10.1 Å². The highest BCUT2D eigenvalue weighted by Crippen LogP contribution is 2.25. The summed E-state index contributed by atoms with van der Waals surface area (Å²) in [5.74, 6) is 0.102. The highest BCUT2D eigenvalue weighted by atomic mass is 35.5. The van der Waals surface area contributed by atoms with Crippen molar-refractivity contribution < 1.29 is 14.3 Å². The van der Waals surface area contributed by atoms with E-state index < -0.39 is 0 Å². The Morgan fingerprint density at radius 3 is 2.09 bits per heavy atom. The van der Waals surface area contributed by atoms with E-state index in [-0.39, 0.29) is 30.9 Å². The molecule has 0 fully saturated rings. The molecule has 22 heavy (non-hydrogen) atoms. The number of carbonyl (C=O) groups is 2. The maximum absolute atomic E-state index is 12.2. The number of methoxy groups -OCH3 is 1. The van der Waals surface area contributed by atoms with Gasteiger partial charge in [0.25, 0.3) is 11.8 Å². The molecule has 3 rings (SSSR count). The minimum atomic E-state index is -0.280. The maximum atomic E-state index is 12.2. The molecule has 2 amide bonds. The summed E-state index contributed by atoms with van der Waals surface area (Å²) in [7, 11) is 1.57. The molecule has 1 N–H and O–H groups in total. The van der Waals surface area contributed by atoms with Crippen molar-refractivity contribution in [1.29, 1.82) is 0 Å². The summed E-state index contributed by atoms with van der Waals surface area (Å²) in [5, 5.41) is 3.06. The first-order valence-corrected chi connectivity index (χ1v) is 6.54. The van der Waals surface area contributed by atoms with Crippen LogP contribution in [0.1, 0.15) is 20.7 Å². The molecule has 0 bridgehead atoms. The molecule has 0 radical (unpaired) electrons. The molecule has 2 aromatic carbocycles. The molecule has 0 aromatic heterocycles. The zero-order valence-electron chi connectivity index (χ0n) is 11.9. The molecule has 5 nitrogen and oxygen atoms in total. The van der Waals surface area contributed by atoms with Crippen LogP contribution in [0.2, 0.25) is 0 Å². The molecule has 6 heteroatoms. The van der Waals surface area contributed by atoms with Gasteiger partial charge in [0.05, 0.1) is 30.6 Å². The highest BCUT2D eigenvalue weighted by Gasteiger charge is 2.34. The van der Waals surface area contributed by atoms with E-state index in [1.165, 1.54) is 4.90 Å². The summed E-state index contributed by atoms with van der Waals surface area (Å²) in [5.41, 5.74) is 1.63. The van der Waals surface area contributed by atoms with E-state index in [4.69, 9.17) is 4.74 Å². The quantitative estimate of drug-likeness (QED) is 0.881. The Bertz CT molecular complexity index is 683. The fraction of sp³-hybridized carbons (Fsp3) is 0.125. The number of benzene rings is 2. The lowest BCUT2D eigenvalue weighted by Gasteiger charge is -2.17. The second-order valence-corrected chi connectivity index (χ2v) is 4.62. The van der Waals surface area contributed by atoms with Crippen LogP contribution in [0.3, 0.4) is 0 Å². The highest BCUT2D eigenvalue weighted by molar-refractivity contribution is 6.21. The first-order chi connectivity index (χ1) is 10.2. The molecule has 0 spiro atoms. The Balaban J connectivity index is 0.00000176. The summed E-state index contributed by atoms with van der Waals surface area (Å²) in [6.07, 6.45) is 0. The summed E-state index contributed by atoms with van der Waals surface area (Å²) in [6.45, 7) is 0.104. The second-order valence-electron chi connectivity index (χ2n) is 4.62. The van der Waals surface area contributed by atoms with Crippen molar-refractivity contribution in [2.24, 2.45) is 0 Å². The third-order valence-corrected chi connectivity index (χ3v) is 3.41. The maximum Gasteiger partial charge on any atom is 0.263 e. The van der Waals surface area contributed by atoms with Crippen LogP contribution in [0.15, 0.2) is 48.5 Å². The number of halogens is 1. The number of nitrogens with zero attached hydrogens (tertiary/aromatic N) is 1. The number of para-hydroxylation sites is 2. The third kappa shape index (κ3) is 2.63. The van der Waals surface area contributed by atoms with Crippen LogP contribution >= 0.6 is 12.4 Å². The van der Waals surface area contributed by atoms with Gasteiger partial charge in [0, 0.05) is 0 Å². The average Bonchev–Trinajstić information content (AvgIpc) is 2.78. The molecule has 0 saturated heterocycles. The number of hydrogen-bond donors (Lipinski definition) is 1. The lowest BCUT2D eigenvalue weighted by Crippen LogP contribution is -2.34. The lowest BCUT2D eigenvalue weighted by molar-refractivity contribution is 0.0665. The van der Waals surface area contributed by atoms with Gasteiger partial charge in [-0.05, 0) is 24.3 Å². The fourth-order valence-electron chi connectivity index (χ4n) is 2.34. The van der Waals surface area contributed by atoms with Crippen molar-refractivity contribution in [3.05, 3.63) is 59.7 Å². The zero-order valence-corrected chi connectivity index (χ0v) is 12.7. The monoisotopic (exact) mass is 318 g/mol. The van der Waals surface area contributed by atoms with Crippen molar-refractivity contribution in [3.63, 3.8) is 0 Å². The zero-order chi connectivity index (χ0) is 14.8. The van der Waals surface area contributed by atoms with Gasteiger partial charge in [-0.3, -0.25) is 14.5 Å². The SMILES string of the molecule is COc1ccccc1NCN1C(=O)c2ccccc2C1=O.Cl. The molecular weight excluding hydrogens is 304 g/mol. The molecule has 0 unspecified atom stereocenters. The third-order valence-electron chi connectivity index (χ3n) is 3.41. The number of hydrogen-bond acceptors (Lipinski definition) is 4. The van der Waals surface area contributed by atoms with E-state index in [2.05, 4.69) is 5.32 Å². The first-order valence-electron chi connectivity index (χ1n) is 6.54. The topological polar surface area (TPSA) is 58.6 Å². The summed E-state index contributed by atoms with van der Waals surface area (Å²) >= 11 is 0. The van der Waals surface area contributed by atoms with Gasteiger partial charge in [-0.1, -0.05) is 24.3 Å². The Kier molecular flexibility index (Phi) is 4.68. The van der Waals surface area contributed by atoms with Crippen molar-refractivity contribution in [2.45, 2.75) is 0 Å². The number of fused-ring (bicyclic) bond motifs is 1. The van der Waals surface area contributed by atoms with E-state index in [9.17, 15) is 9.59 Å². The molecule has 0 aliphatic carbocycles. The van der Waals surface area contributed by atoms with Gasteiger partial charge >= 0.3 is 0 Å². The van der Waals surface area contributed by atoms with Crippen LogP contribution in [0.25, 0.3) is 0 Å². The normalized spacial score (nSPS) is 12.7. The predicted octanol–water partition coefficient (Wildman–Crippen LogP) is 2.78. The number of imide groups is 1. The Labute approximate surface area is 134 Å². The van der Waals surface area contributed by atoms with Crippen LogP contribution in [-0.4, -0.2) is 30.5 Å². The van der Waals surface area contributed by atoms with E-state index >= 15 is 0 Å². The number of carbonyl (C=O) groups excluding carboxylic acids is 2. The van der Waals surface area contributed by atoms with Gasteiger partial charge in [0.15, 0.2) is 0 Å². The van der Waals surface area contributed by atoms with Gasteiger partial charge in [0.1, 0.15) is 5.75 Å². The van der Waals surface area contributed by atoms with Crippen LogP contribution in [-0.2, 0) is 0 Å². The number of anilines is 1. The minimum Gasteiger partial charge on any atom is -0.495 e. The molecule has 0 saturated carbocycles. The number of rotatable bonds is 4. The standard InChI is InChI=1S/C16H14N2O3.ClH/c1-21-14-9-5-4-8-13(14)17-10-18-15(19)11-6-2-3-7-12(11)16(18)20;/h2-9,17H,10H2,1H3;1H. The molecule has 1 aliphatic heterocycles. The first kappa shape index (κ1) is 15.9. The van der Waals surface area contributed by atoms with E-state index in [0.717, 1.165) is 5.69 Å². The number of nitrogens with one attached hydrogen (secondary N) is 1. The van der Waals surface area contributed by atoms with Gasteiger partial charge in [0.2, 0.25) is 0 Å². The predicted molar refractivity (Wildman–Crippen MR) is 85.7 cm³/mol. The van der Waals surface area contributed by atoms with Crippen LogP contribution in [0.4, 0.5) is 5.69 Å². The van der Waals surface area contributed by atoms with Gasteiger partial charge in [-0.25, -0.2) is 0 Å². The summed E-state index contributed by atoms with van der Waals surface area (Å²) in [6, 6.07) is 14.2. The molecule has 0 atom stereocenters. The molecule has 114 valence electrons. The Hall–Kier alpha value is -2.53. The molecule has 2 aromatic rings. The molecular formula is C16H15ClN2O3. The van der Waals surface area contributed by atoms with Crippen LogP contribution in [0, 0.1) is 0 Å². The lowest BCUT2D eigenvalue weighted by atomic mass is 10.1. The van der Waals surface area contributed by atoms with Gasteiger partial charge in [-0.2, -0.15) is 0 Å². The van der Waals surface area contributed by atoms with Crippen molar-refractivity contribution in [1.82, 2.24) is 4.90 Å². The Morgan fingerprint density at radius 2 is 1.50 bits per heavy atom. The van der Waals surface area contributed by atoms with E-state index in [1.54, 1.807) is 31.4 Å². The summed E-state index contributed by atoms with van der Waals surface area (Å²) < 4.78 is 5.23. The van der Waals surface area contributed by atoms with Crippen molar-refractivity contribution in [2.75, 3.05) is 19.1 Å². The number of ether oxygens (including phenoxy) is 1. The average molecular weight is 319 g/mol. The fourth-order valence-corrected chi connectivity index (χ4v) is 2.34. The number of amides is 2. The largest absolute Gasteiger partial charge is 0.495 e.